The highest BCUT2D eigenvalue weighted by Gasteiger charge is 2.25. The third kappa shape index (κ3) is 4.83. The van der Waals surface area contributed by atoms with E-state index in [4.69, 9.17) is 9.47 Å². The van der Waals surface area contributed by atoms with Crippen molar-refractivity contribution >= 4 is 49.8 Å². The Labute approximate surface area is 185 Å². The van der Waals surface area contributed by atoms with Gasteiger partial charge in [0, 0.05) is 8.95 Å². The molecule has 4 rings (SSSR count). The van der Waals surface area contributed by atoms with Gasteiger partial charge in [0.15, 0.2) is 5.70 Å². The Morgan fingerprint density at radius 3 is 2.38 bits per heavy atom. The second-order valence-corrected chi connectivity index (χ2v) is 8.07. The lowest BCUT2D eigenvalue weighted by molar-refractivity contribution is -0.129. The normalized spacial score (nSPS) is 14.6. The number of hydrogen-bond acceptors (Lipinski definition) is 4. The molecule has 0 aromatic heterocycles. The number of cyclic esters (lactones) is 1. The third-order valence-electron chi connectivity index (χ3n) is 4.23. The first-order valence-corrected chi connectivity index (χ1v) is 10.4. The lowest BCUT2D eigenvalue weighted by Crippen LogP contribution is -2.05. The average Bonchev–Trinajstić information content (AvgIpc) is 3.09. The van der Waals surface area contributed by atoms with Gasteiger partial charge in [-0.2, -0.15) is 0 Å². The SMILES string of the molecule is O=C1OC(c2ccccc2Br)=N/C1=C\c1ccc(OCc2ccc(Br)cc2)cc1. The summed E-state index contributed by atoms with van der Waals surface area (Å²) in [5.74, 6) is 0.580. The molecule has 0 fully saturated rings. The average molecular weight is 513 g/mol. The van der Waals surface area contributed by atoms with Gasteiger partial charge in [0.1, 0.15) is 12.4 Å². The molecular weight excluding hydrogens is 498 g/mol. The number of rotatable bonds is 5. The van der Waals surface area contributed by atoms with Crippen molar-refractivity contribution in [3.63, 3.8) is 0 Å². The molecule has 144 valence electrons. The van der Waals surface area contributed by atoms with E-state index in [1.54, 1.807) is 6.08 Å². The first-order chi connectivity index (χ1) is 14.1. The summed E-state index contributed by atoms with van der Waals surface area (Å²) in [5.41, 5.74) is 2.92. The lowest BCUT2D eigenvalue weighted by Gasteiger charge is -2.06. The van der Waals surface area contributed by atoms with Crippen LogP contribution in [0.2, 0.25) is 0 Å². The molecule has 1 aliphatic heterocycles. The summed E-state index contributed by atoms with van der Waals surface area (Å²) in [4.78, 5) is 16.5. The third-order valence-corrected chi connectivity index (χ3v) is 5.45. The Morgan fingerprint density at radius 2 is 1.66 bits per heavy atom. The molecule has 3 aromatic rings. The molecular formula is C23H15Br2NO3. The van der Waals surface area contributed by atoms with Crippen LogP contribution in [0.1, 0.15) is 16.7 Å². The van der Waals surface area contributed by atoms with Gasteiger partial charge >= 0.3 is 5.97 Å². The van der Waals surface area contributed by atoms with Crippen molar-refractivity contribution in [2.24, 2.45) is 4.99 Å². The van der Waals surface area contributed by atoms with Crippen LogP contribution in [-0.4, -0.2) is 11.9 Å². The van der Waals surface area contributed by atoms with Crippen molar-refractivity contribution in [1.82, 2.24) is 0 Å². The van der Waals surface area contributed by atoms with E-state index < -0.39 is 5.97 Å². The molecule has 6 heteroatoms. The second-order valence-electron chi connectivity index (χ2n) is 6.30. The van der Waals surface area contributed by atoms with Crippen LogP contribution in [0.4, 0.5) is 0 Å². The molecule has 0 unspecified atom stereocenters. The standard InChI is InChI=1S/C23H15Br2NO3/c24-17-9-5-16(6-10-17)14-28-18-11-7-15(8-12-18)13-21-23(27)29-22(26-21)19-3-1-2-4-20(19)25/h1-13H,14H2/b21-13-. The molecule has 29 heavy (non-hydrogen) atoms. The van der Waals surface area contributed by atoms with E-state index in [1.165, 1.54) is 0 Å². The molecule has 0 bridgehead atoms. The Balaban J connectivity index is 1.46. The summed E-state index contributed by atoms with van der Waals surface area (Å²) in [5, 5.41) is 0. The lowest BCUT2D eigenvalue weighted by atomic mass is 10.2. The fourth-order valence-corrected chi connectivity index (χ4v) is 3.44. The van der Waals surface area contributed by atoms with Crippen molar-refractivity contribution < 1.29 is 14.3 Å². The van der Waals surface area contributed by atoms with E-state index in [9.17, 15) is 4.79 Å². The number of carbonyl (C=O) groups excluding carboxylic acids is 1. The number of hydrogen-bond donors (Lipinski definition) is 0. The molecule has 0 amide bonds. The Hall–Kier alpha value is -2.70. The number of esters is 1. The van der Waals surface area contributed by atoms with Crippen LogP contribution < -0.4 is 4.74 Å². The summed E-state index contributed by atoms with van der Waals surface area (Å²) in [6, 6.07) is 22.9. The van der Waals surface area contributed by atoms with E-state index in [0.717, 1.165) is 31.4 Å². The maximum absolute atomic E-state index is 12.2. The maximum atomic E-state index is 12.2. The van der Waals surface area contributed by atoms with Gasteiger partial charge in [0.2, 0.25) is 5.90 Å². The van der Waals surface area contributed by atoms with Crippen LogP contribution >= 0.6 is 31.9 Å². The van der Waals surface area contributed by atoms with E-state index in [-0.39, 0.29) is 5.70 Å². The number of benzene rings is 3. The highest BCUT2D eigenvalue weighted by molar-refractivity contribution is 9.10. The van der Waals surface area contributed by atoms with E-state index >= 15 is 0 Å². The van der Waals surface area contributed by atoms with Crippen molar-refractivity contribution in [1.29, 1.82) is 0 Å². The summed E-state index contributed by atoms with van der Waals surface area (Å²) in [6.07, 6.45) is 1.70. The first-order valence-electron chi connectivity index (χ1n) is 8.83. The van der Waals surface area contributed by atoms with Gasteiger partial charge in [-0.3, -0.25) is 0 Å². The quantitative estimate of drug-likeness (QED) is 0.305. The highest BCUT2D eigenvalue weighted by Crippen LogP contribution is 2.24. The summed E-state index contributed by atoms with van der Waals surface area (Å²) in [7, 11) is 0. The topological polar surface area (TPSA) is 47.9 Å². The molecule has 0 saturated heterocycles. The van der Waals surface area contributed by atoms with Gasteiger partial charge in [-0.25, -0.2) is 9.79 Å². The molecule has 4 nitrogen and oxygen atoms in total. The van der Waals surface area contributed by atoms with Gasteiger partial charge in [-0.1, -0.05) is 52.3 Å². The van der Waals surface area contributed by atoms with Gasteiger partial charge in [0.05, 0.1) is 5.56 Å². The Morgan fingerprint density at radius 1 is 0.931 bits per heavy atom. The minimum Gasteiger partial charge on any atom is -0.489 e. The van der Waals surface area contributed by atoms with Crippen molar-refractivity contribution in [2.75, 3.05) is 0 Å². The monoisotopic (exact) mass is 511 g/mol. The summed E-state index contributed by atoms with van der Waals surface area (Å²) in [6.45, 7) is 0.486. The van der Waals surface area contributed by atoms with Crippen LogP contribution in [-0.2, 0) is 16.1 Å². The van der Waals surface area contributed by atoms with Gasteiger partial charge < -0.3 is 9.47 Å². The van der Waals surface area contributed by atoms with Crippen molar-refractivity contribution in [2.45, 2.75) is 6.61 Å². The largest absolute Gasteiger partial charge is 0.489 e. The fraction of sp³-hybridized carbons (Fsp3) is 0.0435. The Kier molecular flexibility index (Phi) is 5.92. The number of aliphatic imine (C=N–C) groups is 1. The molecule has 3 aromatic carbocycles. The van der Waals surface area contributed by atoms with Crippen LogP contribution in [0.3, 0.4) is 0 Å². The van der Waals surface area contributed by atoms with Crippen molar-refractivity contribution in [3.8, 4) is 5.75 Å². The van der Waals surface area contributed by atoms with Crippen molar-refractivity contribution in [3.05, 3.63) is 104 Å². The fourth-order valence-electron chi connectivity index (χ4n) is 2.72. The summed E-state index contributed by atoms with van der Waals surface area (Å²) >= 11 is 6.87. The molecule has 0 spiro atoms. The molecule has 0 saturated carbocycles. The zero-order valence-corrected chi connectivity index (χ0v) is 18.3. The Bertz CT molecular complexity index is 1100. The number of ether oxygens (including phenoxy) is 2. The predicted molar refractivity (Wildman–Crippen MR) is 120 cm³/mol. The van der Waals surface area contributed by atoms with Crippen LogP contribution in [0, 0.1) is 0 Å². The molecule has 0 radical (unpaired) electrons. The predicted octanol–water partition coefficient (Wildman–Crippen LogP) is 6.14. The number of nitrogens with zero attached hydrogens (tertiary/aromatic N) is 1. The molecule has 0 N–H and O–H groups in total. The number of carbonyl (C=O) groups is 1. The minimum absolute atomic E-state index is 0.263. The molecule has 1 aliphatic rings. The van der Waals surface area contributed by atoms with E-state index in [2.05, 4.69) is 36.9 Å². The zero-order chi connectivity index (χ0) is 20.2. The minimum atomic E-state index is -0.466. The second kappa shape index (κ2) is 8.76. The van der Waals surface area contributed by atoms with Crippen LogP contribution in [0.15, 0.2) is 92.4 Å². The molecule has 1 heterocycles. The highest BCUT2D eigenvalue weighted by atomic mass is 79.9. The van der Waals surface area contributed by atoms with Gasteiger partial charge in [0.25, 0.3) is 0 Å². The maximum Gasteiger partial charge on any atom is 0.363 e. The summed E-state index contributed by atoms with van der Waals surface area (Å²) < 4.78 is 13.0. The molecule has 0 atom stereocenters. The van der Waals surface area contributed by atoms with E-state index in [1.807, 2.05) is 72.8 Å². The van der Waals surface area contributed by atoms with Gasteiger partial charge in [-0.05, 0) is 69.5 Å². The van der Waals surface area contributed by atoms with Crippen LogP contribution in [0.5, 0.6) is 5.75 Å². The molecule has 0 aliphatic carbocycles. The van der Waals surface area contributed by atoms with Gasteiger partial charge in [-0.15, -0.1) is 0 Å². The van der Waals surface area contributed by atoms with Crippen LogP contribution in [0.25, 0.3) is 6.08 Å². The number of halogens is 2. The van der Waals surface area contributed by atoms with E-state index in [0.29, 0.717) is 12.5 Å². The zero-order valence-electron chi connectivity index (χ0n) is 15.1. The smallest absolute Gasteiger partial charge is 0.363 e. The first kappa shape index (κ1) is 19.6.